The summed E-state index contributed by atoms with van der Waals surface area (Å²) in [6.07, 6.45) is -5.61. The fourth-order valence-electron chi connectivity index (χ4n) is 0.866. The Morgan fingerprint density at radius 1 is 1.15 bits per heavy atom. The SMILES string of the molecule is CNCC(O)C(O)C(O)C(O)OC. The summed E-state index contributed by atoms with van der Waals surface area (Å²) in [5.41, 5.74) is 0. The molecular weight excluding hydrogens is 178 g/mol. The van der Waals surface area contributed by atoms with Gasteiger partial charge in [0.2, 0.25) is 0 Å². The largest absolute Gasteiger partial charge is 0.389 e. The third-order valence-corrected chi connectivity index (χ3v) is 1.69. The molecule has 6 heteroatoms. The molecule has 0 aliphatic rings. The highest BCUT2D eigenvalue weighted by molar-refractivity contribution is 4.77. The average molecular weight is 195 g/mol. The summed E-state index contributed by atoms with van der Waals surface area (Å²) < 4.78 is 4.38. The number of hydrogen-bond donors (Lipinski definition) is 5. The molecule has 80 valence electrons. The molecule has 0 fully saturated rings. The van der Waals surface area contributed by atoms with Crippen molar-refractivity contribution in [3.05, 3.63) is 0 Å². The van der Waals surface area contributed by atoms with E-state index in [1.807, 2.05) is 0 Å². The molecule has 4 unspecified atom stereocenters. The van der Waals surface area contributed by atoms with Crippen LogP contribution in [0.5, 0.6) is 0 Å². The van der Waals surface area contributed by atoms with Crippen LogP contribution < -0.4 is 5.32 Å². The molecule has 0 aliphatic carbocycles. The van der Waals surface area contributed by atoms with E-state index in [-0.39, 0.29) is 6.54 Å². The molecular formula is C7H17NO5. The van der Waals surface area contributed by atoms with Crippen molar-refractivity contribution in [2.45, 2.75) is 24.6 Å². The Kier molecular flexibility index (Phi) is 6.13. The van der Waals surface area contributed by atoms with Gasteiger partial charge in [0.05, 0.1) is 6.10 Å². The van der Waals surface area contributed by atoms with Crippen molar-refractivity contribution in [2.24, 2.45) is 0 Å². The lowest BCUT2D eigenvalue weighted by Crippen LogP contribution is -2.48. The van der Waals surface area contributed by atoms with Gasteiger partial charge >= 0.3 is 0 Å². The summed E-state index contributed by atoms with van der Waals surface area (Å²) in [6.45, 7) is 0.120. The fraction of sp³-hybridized carbons (Fsp3) is 1.00. The van der Waals surface area contributed by atoms with E-state index in [1.54, 1.807) is 7.05 Å². The third-order valence-electron chi connectivity index (χ3n) is 1.69. The van der Waals surface area contributed by atoms with Crippen molar-refractivity contribution in [3.8, 4) is 0 Å². The van der Waals surface area contributed by atoms with Crippen molar-refractivity contribution < 1.29 is 25.2 Å². The van der Waals surface area contributed by atoms with E-state index in [4.69, 9.17) is 5.11 Å². The van der Waals surface area contributed by atoms with Crippen molar-refractivity contribution >= 4 is 0 Å². The standard InChI is InChI=1S/C7H17NO5/c1-8-3-4(9)5(10)6(11)7(12)13-2/h4-12H,3H2,1-2H3. The van der Waals surface area contributed by atoms with Crippen LogP contribution in [0.3, 0.4) is 0 Å². The molecule has 0 saturated heterocycles. The van der Waals surface area contributed by atoms with E-state index in [0.29, 0.717) is 0 Å². The molecule has 4 atom stereocenters. The molecule has 0 aromatic heterocycles. The predicted molar refractivity (Wildman–Crippen MR) is 45.0 cm³/mol. The maximum atomic E-state index is 9.24. The normalized spacial score (nSPS) is 20.8. The van der Waals surface area contributed by atoms with Gasteiger partial charge in [0.25, 0.3) is 0 Å². The molecule has 0 rings (SSSR count). The molecule has 5 N–H and O–H groups in total. The number of aliphatic hydroxyl groups is 4. The van der Waals surface area contributed by atoms with Gasteiger partial charge in [-0.2, -0.15) is 0 Å². The zero-order valence-corrected chi connectivity index (χ0v) is 7.71. The lowest BCUT2D eigenvalue weighted by atomic mass is 10.1. The molecule has 6 nitrogen and oxygen atoms in total. The first-order valence-corrected chi connectivity index (χ1v) is 3.94. The van der Waals surface area contributed by atoms with Gasteiger partial charge in [-0.25, -0.2) is 0 Å². The second-order valence-electron chi connectivity index (χ2n) is 2.73. The number of ether oxygens (including phenoxy) is 1. The van der Waals surface area contributed by atoms with Crippen LogP contribution in [0.4, 0.5) is 0 Å². The monoisotopic (exact) mass is 195 g/mol. The van der Waals surface area contributed by atoms with E-state index in [2.05, 4.69) is 10.1 Å². The smallest absolute Gasteiger partial charge is 0.183 e. The van der Waals surface area contributed by atoms with Crippen molar-refractivity contribution in [3.63, 3.8) is 0 Å². The van der Waals surface area contributed by atoms with Gasteiger partial charge < -0.3 is 30.5 Å². The van der Waals surface area contributed by atoms with E-state index < -0.39 is 24.6 Å². The van der Waals surface area contributed by atoms with E-state index in [1.165, 1.54) is 7.11 Å². The minimum Gasteiger partial charge on any atom is -0.389 e. The number of hydrogen-bond acceptors (Lipinski definition) is 6. The number of aliphatic hydroxyl groups excluding tert-OH is 4. The van der Waals surface area contributed by atoms with Gasteiger partial charge in [-0.3, -0.25) is 0 Å². The van der Waals surface area contributed by atoms with Crippen LogP contribution in [0.1, 0.15) is 0 Å². The summed E-state index contributed by atoms with van der Waals surface area (Å²) in [5.74, 6) is 0. The number of methoxy groups -OCH3 is 1. The van der Waals surface area contributed by atoms with Gasteiger partial charge in [-0.15, -0.1) is 0 Å². The Morgan fingerprint density at radius 2 is 1.69 bits per heavy atom. The van der Waals surface area contributed by atoms with Crippen LogP contribution >= 0.6 is 0 Å². The zero-order valence-electron chi connectivity index (χ0n) is 7.71. The van der Waals surface area contributed by atoms with Crippen LogP contribution in [0.25, 0.3) is 0 Å². The van der Waals surface area contributed by atoms with Crippen molar-refractivity contribution in [1.82, 2.24) is 5.32 Å². The predicted octanol–water partition coefficient (Wildman–Crippen LogP) is -2.75. The summed E-state index contributed by atoms with van der Waals surface area (Å²) in [7, 11) is 2.78. The molecule has 0 saturated carbocycles. The van der Waals surface area contributed by atoms with Crippen molar-refractivity contribution in [2.75, 3.05) is 20.7 Å². The Balaban J connectivity index is 3.99. The van der Waals surface area contributed by atoms with E-state index >= 15 is 0 Å². The molecule has 0 amide bonds. The van der Waals surface area contributed by atoms with Crippen LogP contribution in [0.2, 0.25) is 0 Å². The van der Waals surface area contributed by atoms with Crippen LogP contribution in [-0.4, -0.2) is 65.7 Å². The molecule has 0 bridgehead atoms. The Hall–Kier alpha value is -0.240. The Bertz CT molecular complexity index is 134. The topological polar surface area (TPSA) is 102 Å². The molecule has 0 spiro atoms. The van der Waals surface area contributed by atoms with E-state index in [9.17, 15) is 15.3 Å². The van der Waals surface area contributed by atoms with Crippen molar-refractivity contribution in [1.29, 1.82) is 0 Å². The average Bonchev–Trinajstić information content (AvgIpc) is 2.14. The highest BCUT2D eigenvalue weighted by Gasteiger charge is 2.29. The fourth-order valence-corrected chi connectivity index (χ4v) is 0.866. The first-order valence-electron chi connectivity index (χ1n) is 3.94. The molecule has 0 aromatic carbocycles. The minimum atomic E-state index is -1.52. The van der Waals surface area contributed by atoms with Crippen LogP contribution in [-0.2, 0) is 4.74 Å². The number of nitrogens with one attached hydrogen (secondary N) is 1. The van der Waals surface area contributed by atoms with Gasteiger partial charge in [0.1, 0.15) is 12.2 Å². The first-order chi connectivity index (χ1) is 6.04. The molecule has 0 aromatic rings. The second kappa shape index (κ2) is 6.25. The highest BCUT2D eigenvalue weighted by Crippen LogP contribution is 2.04. The van der Waals surface area contributed by atoms with Crippen LogP contribution in [0, 0.1) is 0 Å². The van der Waals surface area contributed by atoms with Gasteiger partial charge in [0.15, 0.2) is 6.29 Å². The van der Waals surface area contributed by atoms with Gasteiger partial charge in [-0.1, -0.05) is 0 Å². The maximum absolute atomic E-state index is 9.24. The lowest BCUT2D eigenvalue weighted by Gasteiger charge is -2.25. The molecule has 0 aliphatic heterocycles. The molecule has 0 radical (unpaired) electrons. The Morgan fingerprint density at radius 3 is 2.08 bits per heavy atom. The molecule has 0 heterocycles. The summed E-state index contributed by atoms with van der Waals surface area (Å²) >= 11 is 0. The summed E-state index contributed by atoms with van der Waals surface area (Å²) in [5, 5.41) is 39.2. The lowest BCUT2D eigenvalue weighted by molar-refractivity contribution is -0.189. The molecule has 13 heavy (non-hydrogen) atoms. The zero-order chi connectivity index (χ0) is 10.4. The van der Waals surface area contributed by atoms with Gasteiger partial charge in [0, 0.05) is 13.7 Å². The quantitative estimate of drug-likeness (QED) is 0.295. The second-order valence-corrected chi connectivity index (χ2v) is 2.73. The number of likely N-dealkylation sites (N-methyl/N-ethyl adjacent to an activating group) is 1. The van der Waals surface area contributed by atoms with E-state index in [0.717, 1.165) is 0 Å². The van der Waals surface area contributed by atoms with Crippen LogP contribution in [0.15, 0.2) is 0 Å². The maximum Gasteiger partial charge on any atom is 0.183 e. The summed E-state index contributed by atoms with van der Waals surface area (Å²) in [4.78, 5) is 0. The Labute approximate surface area is 76.8 Å². The highest BCUT2D eigenvalue weighted by atomic mass is 16.6. The minimum absolute atomic E-state index is 0.120. The van der Waals surface area contributed by atoms with Gasteiger partial charge in [-0.05, 0) is 7.05 Å². The summed E-state index contributed by atoms with van der Waals surface area (Å²) in [6, 6.07) is 0. The number of rotatable bonds is 6. The first kappa shape index (κ1) is 12.8. The third kappa shape index (κ3) is 3.99.